The van der Waals surface area contributed by atoms with E-state index >= 15 is 0 Å². The second-order valence-electron chi connectivity index (χ2n) is 5.68. The van der Waals surface area contributed by atoms with Crippen molar-refractivity contribution in [3.63, 3.8) is 0 Å². The van der Waals surface area contributed by atoms with Gasteiger partial charge in [-0.3, -0.25) is 0 Å². The van der Waals surface area contributed by atoms with Gasteiger partial charge in [-0.15, -0.1) is 0 Å². The lowest BCUT2D eigenvalue weighted by molar-refractivity contribution is 0.316. The number of benzene rings is 2. The van der Waals surface area contributed by atoms with E-state index < -0.39 is 0 Å². The fraction of sp³-hybridized carbons (Fsp3) is 0.333. The molecule has 0 atom stereocenters. The average molecular weight is 324 g/mol. The largest absolute Gasteiger partial charge is 0.497 e. The van der Waals surface area contributed by atoms with Crippen molar-refractivity contribution in [2.24, 2.45) is 0 Å². The summed E-state index contributed by atoms with van der Waals surface area (Å²) in [6, 6.07) is 16.6. The average Bonchev–Trinajstić information content (AvgIpc) is 2.65. The topological polar surface area (TPSA) is 24.5 Å². The summed E-state index contributed by atoms with van der Waals surface area (Å²) in [4.78, 5) is 2.42. The molecular formula is C21H28N2O. The summed E-state index contributed by atoms with van der Waals surface area (Å²) in [6.07, 6.45) is 4.24. The van der Waals surface area contributed by atoms with Crippen molar-refractivity contribution in [1.82, 2.24) is 4.90 Å². The SMILES string of the molecule is CCN(CC)CCNc1ccc(C=Cc2ccc(OC)cc2)cc1. The monoisotopic (exact) mass is 324 g/mol. The zero-order chi connectivity index (χ0) is 17.2. The summed E-state index contributed by atoms with van der Waals surface area (Å²) in [5.74, 6) is 0.882. The summed E-state index contributed by atoms with van der Waals surface area (Å²) in [5.41, 5.74) is 3.53. The van der Waals surface area contributed by atoms with Crippen LogP contribution in [0.3, 0.4) is 0 Å². The van der Waals surface area contributed by atoms with Gasteiger partial charge in [0.1, 0.15) is 5.75 Å². The number of hydrogen-bond donors (Lipinski definition) is 1. The number of ether oxygens (including phenoxy) is 1. The smallest absolute Gasteiger partial charge is 0.118 e. The molecule has 0 spiro atoms. The summed E-state index contributed by atoms with van der Waals surface area (Å²) < 4.78 is 5.17. The van der Waals surface area contributed by atoms with E-state index in [2.05, 4.69) is 72.6 Å². The second kappa shape index (κ2) is 9.78. The number of nitrogens with one attached hydrogen (secondary N) is 1. The third-order valence-electron chi connectivity index (χ3n) is 4.15. The van der Waals surface area contributed by atoms with Crippen LogP contribution >= 0.6 is 0 Å². The molecule has 0 aromatic heterocycles. The molecule has 0 aliphatic carbocycles. The Labute approximate surface area is 146 Å². The molecule has 0 fully saturated rings. The van der Waals surface area contributed by atoms with Crippen LogP contribution in [0.5, 0.6) is 5.75 Å². The highest BCUT2D eigenvalue weighted by Crippen LogP contribution is 2.15. The number of nitrogens with zero attached hydrogens (tertiary/aromatic N) is 1. The van der Waals surface area contributed by atoms with Crippen molar-refractivity contribution in [2.75, 3.05) is 38.6 Å². The van der Waals surface area contributed by atoms with E-state index in [-0.39, 0.29) is 0 Å². The van der Waals surface area contributed by atoms with Gasteiger partial charge in [0.05, 0.1) is 7.11 Å². The molecule has 0 aliphatic heterocycles. The maximum absolute atomic E-state index is 5.17. The van der Waals surface area contributed by atoms with Crippen LogP contribution in [-0.2, 0) is 0 Å². The lowest BCUT2D eigenvalue weighted by Crippen LogP contribution is -2.28. The number of hydrogen-bond acceptors (Lipinski definition) is 3. The summed E-state index contributed by atoms with van der Waals surface area (Å²) in [6.45, 7) is 8.66. The molecule has 128 valence electrons. The molecule has 2 aromatic carbocycles. The van der Waals surface area contributed by atoms with E-state index in [0.717, 1.165) is 37.5 Å². The van der Waals surface area contributed by atoms with Gasteiger partial charge in [-0.05, 0) is 48.5 Å². The van der Waals surface area contributed by atoms with Crippen molar-refractivity contribution in [3.8, 4) is 5.75 Å². The Morgan fingerprint density at radius 3 is 1.92 bits per heavy atom. The van der Waals surface area contributed by atoms with Gasteiger partial charge in [-0.2, -0.15) is 0 Å². The summed E-state index contributed by atoms with van der Waals surface area (Å²) in [7, 11) is 1.68. The lowest BCUT2D eigenvalue weighted by atomic mass is 10.1. The molecule has 0 bridgehead atoms. The Hall–Kier alpha value is -2.26. The van der Waals surface area contributed by atoms with E-state index in [4.69, 9.17) is 4.74 Å². The molecule has 1 N–H and O–H groups in total. The molecule has 24 heavy (non-hydrogen) atoms. The van der Waals surface area contributed by atoms with Crippen LogP contribution in [0.25, 0.3) is 12.2 Å². The first-order valence-electron chi connectivity index (χ1n) is 8.63. The van der Waals surface area contributed by atoms with Crippen LogP contribution in [0.1, 0.15) is 25.0 Å². The van der Waals surface area contributed by atoms with Crippen LogP contribution in [0.15, 0.2) is 48.5 Å². The number of rotatable bonds is 9. The molecule has 0 saturated carbocycles. The molecule has 2 rings (SSSR count). The van der Waals surface area contributed by atoms with Crippen LogP contribution in [0.2, 0.25) is 0 Å². The van der Waals surface area contributed by atoms with E-state index in [1.165, 1.54) is 11.3 Å². The minimum Gasteiger partial charge on any atom is -0.497 e. The minimum atomic E-state index is 0.882. The van der Waals surface area contributed by atoms with Gasteiger partial charge in [-0.1, -0.05) is 50.3 Å². The molecule has 3 heteroatoms. The van der Waals surface area contributed by atoms with Gasteiger partial charge in [0.25, 0.3) is 0 Å². The number of anilines is 1. The summed E-state index contributed by atoms with van der Waals surface area (Å²) in [5, 5.41) is 3.48. The molecule has 0 unspecified atom stereocenters. The van der Waals surface area contributed by atoms with Crippen molar-refractivity contribution >= 4 is 17.8 Å². The molecule has 0 amide bonds. The predicted octanol–water partition coefficient (Wildman–Crippen LogP) is 4.62. The minimum absolute atomic E-state index is 0.882. The highest BCUT2D eigenvalue weighted by atomic mass is 16.5. The van der Waals surface area contributed by atoms with Crippen LogP contribution in [0, 0.1) is 0 Å². The first-order chi connectivity index (χ1) is 11.7. The van der Waals surface area contributed by atoms with E-state index in [0.29, 0.717) is 0 Å². The van der Waals surface area contributed by atoms with Crippen molar-refractivity contribution in [2.45, 2.75) is 13.8 Å². The predicted molar refractivity (Wildman–Crippen MR) is 105 cm³/mol. The van der Waals surface area contributed by atoms with Gasteiger partial charge in [0.15, 0.2) is 0 Å². The zero-order valence-electron chi connectivity index (χ0n) is 15.0. The van der Waals surface area contributed by atoms with Gasteiger partial charge in [-0.25, -0.2) is 0 Å². The maximum atomic E-state index is 5.17. The van der Waals surface area contributed by atoms with Crippen LogP contribution < -0.4 is 10.1 Å². The Bertz CT molecular complexity index is 613. The van der Waals surface area contributed by atoms with Gasteiger partial charge in [0.2, 0.25) is 0 Å². The third-order valence-corrected chi connectivity index (χ3v) is 4.15. The van der Waals surface area contributed by atoms with E-state index in [1.807, 2.05) is 12.1 Å². The standard InChI is InChI=1S/C21H28N2O/c1-4-23(5-2)17-16-22-20-12-8-18(9-13-20)6-7-19-10-14-21(24-3)15-11-19/h6-15,22H,4-5,16-17H2,1-3H3. The van der Waals surface area contributed by atoms with E-state index in [9.17, 15) is 0 Å². The summed E-state index contributed by atoms with van der Waals surface area (Å²) >= 11 is 0. The van der Waals surface area contributed by atoms with Crippen molar-refractivity contribution in [3.05, 3.63) is 59.7 Å². The van der Waals surface area contributed by atoms with Gasteiger partial charge in [0, 0.05) is 18.8 Å². The van der Waals surface area contributed by atoms with E-state index in [1.54, 1.807) is 7.11 Å². The molecule has 0 aliphatic rings. The quantitative estimate of drug-likeness (QED) is 0.681. The molecular weight excluding hydrogens is 296 g/mol. The Balaban J connectivity index is 1.85. The van der Waals surface area contributed by atoms with Gasteiger partial charge >= 0.3 is 0 Å². The number of methoxy groups -OCH3 is 1. The first kappa shape index (κ1) is 18.1. The third kappa shape index (κ3) is 5.74. The lowest BCUT2D eigenvalue weighted by Gasteiger charge is -2.18. The van der Waals surface area contributed by atoms with Crippen LogP contribution in [0.4, 0.5) is 5.69 Å². The molecule has 2 aromatic rings. The van der Waals surface area contributed by atoms with Crippen molar-refractivity contribution < 1.29 is 4.74 Å². The normalized spacial score (nSPS) is 11.2. The molecule has 3 nitrogen and oxygen atoms in total. The Morgan fingerprint density at radius 1 is 0.875 bits per heavy atom. The first-order valence-corrected chi connectivity index (χ1v) is 8.63. The molecule has 0 heterocycles. The molecule has 0 saturated heterocycles. The highest BCUT2D eigenvalue weighted by molar-refractivity contribution is 5.70. The second-order valence-corrected chi connectivity index (χ2v) is 5.68. The highest BCUT2D eigenvalue weighted by Gasteiger charge is 1.98. The molecule has 0 radical (unpaired) electrons. The fourth-order valence-corrected chi connectivity index (χ4v) is 2.52. The van der Waals surface area contributed by atoms with Crippen LogP contribution in [-0.4, -0.2) is 38.2 Å². The Morgan fingerprint density at radius 2 is 1.42 bits per heavy atom. The van der Waals surface area contributed by atoms with Crippen molar-refractivity contribution in [1.29, 1.82) is 0 Å². The maximum Gasteiger partial charge on any atom is 0.118 e. The van der Waals surface area contributed by atoms with Gasteiger partial charge < -0.3 is 15.0 Å². The Kier molecular flexibility index (Phi) is 7.37. The number of likely N-dealkylation sites (N-methyl/N-ethyl adjacent to an activating group) is 1. The fourth-order valence-electron chi connectivity index (χ4n) is 2.52. The zero-order valence-corrected chi connectivity index (χ0v) is 15.0.